The van der Waals surface area contributed by atoms with Crippen LogP contribution in [-0.2, 0) is 6.42 Å². The third-order valence-electron chi connectivity index (χ3n) is 6.40. The predicted molar refractivity (Wildman–Crippen MR) is 82.3 cm³/mol. The lowest BCUT2D eigenvalue weighted by Crippen LogP contribution is -2.32. The average molecular weight is 256 g/mol. The lowest BCUT2D eigenvalue weighted by atomic mass is 9.65. The van der Waals surface area contributed by atoms with Gasteiger partial charge >= 0.3 is 0 Å². The molecule has 1 aromatic carbocycles. The summed E-state index contributed by atoms with van der Waals surface area (Å²) in [6.45, 7) is 9.75. The summed E-state index contributed by atoms with van der Waals surface area (Å²) in [6, 6.07) is 9.45. The van der Waals surface area contributed by atoms with Crippen molar-refractivity contribution < 1.29 is 0 Å². The minimum absolute atomic E-state index is 0.572. The summed E-state index contributed by atoms with van der Waals surface area (Å²) in [5.74, 6) is 3.60. The maximum Gasteiger partial charge on any atom is -0.0128 e. The molecule has 0 heterocycles. The maximum atomic E-state index is 2.49. The molecule has 0 spiro atoms. The lowest BCUT2D eigenvalue weighted by Gasteiger charge is -2.40. The van der Waals surface area contributed by atoms with E-state index in [0.29, 0.717) is 5.41 Å². The molecular formula is C19H28. The molecule has 19 heavy (non-hydrogen) atoms. The van der Waals surface area contributed by atoms with E-state index in [1.165, 1.54) is 31.2 Å². The van der Waals surface area contributed by atoms with Crippen LogP contribution in [0.2, 0.25) is 0 Å². The second-order valence-electron chi connectivity index (χ2n) is 7.54. The van der Waals surface area contributed by atoms with Crippen molar-refractivity contribution in [2.75, 3.05) is 0 Å². The Bertz CT molecular complexity index is 453. The first-order valence-corrected chi connectivity index (χ1v) is 8.13. The Morgan fingerprint density at radius 1 is 1.21 bits per heavy atom. The van der Waals surface area contributed by atoms with E-state index in [1.807, 2.05) is 0 Å². The Labute approximate surface area is 118 Å². The van der Waals surface area contributed by atoms with Crippen molar-refractivity contribution in [3.63, 3.8) is 0 Å². The van der Waals surface area contributed by atoms with Crippen molar-refractivity contribution in [1.29, 1.82) is 0 Å². The zero-order chi connectivity index (χ0) is 13.6. The van der Waals surface area contributed by atoms with Crippen LogP contribution in [0.3, 0.4) is 0 Å². The molecule has 0 radical (unpaired) electrons. The minimum Gasteiger partial charge on any atom is -0.0651 e. The van der Waals surface area contributed by atoms with Gasteiger partial charge in [-0.05, 0) is 59.5 Å². The Morgan fingerprint density at radius 2 is 2.00 bits per heavy atom. The molecule has 2 aliphatic carbocycles. The molecule has 4 unspecified atom stereocenters. The van der Waals surface area contributed by atoms with Crippen LogP contribution < -0.4 is 0 Å². The van der Waals surface area contributed by atoms with Gasteiger partial charge in [0.25, 0.3) is 0 Å². The van der Waals surface area contributed by atoms with Crippen LogP contribution in [0.5, 0.6) is 0 Å². The summed E-state index contributed by atoms with van der Waals surface area (Å²) in [5, 5.41) is 0. The van der Waals surface area contributed by atoms with Gasteiger partial charge in [0.15, 0.2) is 0 Å². The summed E-state index contributed by atoms with van der Waals surface area (Å²) in [4.78, 5) is 0. The van der Waals surface area contributed by atoms with Gasteiger partial charge in [0.1, 0.15) is 0 Å². The first-order valence-electron chi connectivity index (χ1n) is 8.13. The summed E-state index contributed by atoms with van der Waals surface area (Å²) in [7, 11) is 0. The summed E-state index contributed by atoms with van der Waals surface area (Å²) >= 11 is 0. The molecule has 2 saturated carbocycles. The second-order valence-corrected chi connectivity index (χ2v) is 7.54. The molecule has 0 N–H and O–H groups in total. The number of hydrogen-bond donors (Lipinski definition) is 0. The summed E-state index contributed by atoms with van der Waals surface area (Å²) in [6.07, 6.45) is 5.38. The average Bonchev–Trinajstić information content (AvgIpc) is 2.91. The molecule has 0 nitrogen and oxygen atoms in total. The van der Waals surface area contributed by atoms with Gasteiger partial charge in [-0.25, -0.2) is 0 Å². The topological polar surface area (TPSA) is 0 Å². The molecule has 4 atom stereocenters. The van der Waals surface area contributed by atoms with E-state index in [-0.39, 0.29) is 0 Å². The Balaban J connectivity index is 1.84. The van der Waals surface area contributed by atoms with Crippen molar-refractivity contribution in [3.8, 4) is 0 Å². The molecular weight excluding hydrogens is 228 g/mol. The predicted octanol–water partition coefficient (Wildman–Crippen LogP) is 5.42. The van der Waals surface area contributed by atoms with Crippen LogP contribution in [-0.4, -0.2) is 0 Å². The normalized spacial score (nSPS) is 35.8. The maximum absolute atomic E-state index is 2.49. The molecule has 2 aliphatic rings. The summed E-state index contributed by atoms with van der Waals surface area (Å²) in [5.41, 5.74) is 3.73. The van der Waals surface area contributed by atoms with E-state index >= 15 is 0 Å². The van der Waals surface area contributed by atoms with Crippen LogP contribution in [0.25, 0.3) is 0 Å². The molecule has 3 rings (SSSR count). The van der Waals surface area contributed by atoms with Gasteiger partial charge in [0.2, 0.25) is 0 Å². The second kappa shape index (κ2) is 4.65. The largest absolute Gasteiger partial charge is 0.0651 e. The molecule has 0 amide bonds. The molecule has 0 aliphatic heterocycles. The van der Waals surface area contributed by atoms with Gasteiger partial charge in [-0.1, -0.05) is 58.4 Å². The fraction of sp³-hybridized carbons (Fsp3) is 0.684. The highest BCUT2D eigenvalue weighted by molar-refractivity contribution is 5.29. The van der Waals surface area contributed by atoms with Crippen molar-refractivity contribution in [2.24, 2.45) is 23.2 Å². The van der Waals surface area contributed by atoms with Crippen LogP contribution >= 0.6 is 0 Å². The molecule has 2 bridgehead atoms. The Hall–Kier alpha value is -0.780. The first kappa shape index (κ1) is 13.2. The molecule has 0 saturated heterocycles. The minimum atomic E-state index is 0.572. The zero-order valence-corrected chi connectivity index (χ0v) is 12.9. The SMILES string of the molecule is CCCc1cccc(C2CC3CC2C(C)C3(C)C)c1. The van der Waals surface area contributed by atoms with Crippen molar-refractivity contribution >= 4 is 0 Å². The van der Waals surface area contributed by atoms with E-state index in [2.05, 4.69) is 52.0 Å². The fourth-order valence-electron chi connectivity index (χ4n) is 4.81. The number of benzene rings is 1. The van der Waals surface area contributed by atoms with E-state index in [1.54, 1.807) is 5.56 Å². The van der Waals surface area contributed by atoms with Gasteiger partial charge < -0.3 is 0 Å². The van der Waals surface area contributed by atoms with Gasteiger partial charge in [0, 0.05) is 0 Å². The lowest BCUT2D eigenvalue weighted by molar-refractivity contribution is 0.122. The van der Waals surface area contributed by atoms with Crippen LogP contribution in [0.1, 0.15) is 64.0 Å². The number of fused-ring (bicyclic) bond motifs is 2. The van der Waals surface area contributed by atoms with E-state index < -0.39 is 0 Å². The monoisotopic (exact) mass is 256 g/mol. The Kier molecular flexibility index (Phi) is 3.23. The quantitative estimate of drug-likeness (QED) is 0.677. The van der Waals surface area contributed by atoms with Gasteiger partial charge in [0.05, 0.1) is 0 Å². The molecule has 0 aromatic heterocycles. The van der Waals surface area contributed by atoms with Gasteiger partial charge in [-0.2, -0.15) is 0 Å². The number of aryl methyl sites for hydroxylation is 1. The Morgan fingerprint density at radius 3 is 2.63 bits per heavy atom. The first-order chi connectivity index (χ1) is 9.04. The van der Waals surface area contributed by atoms with Gasteiger partial charge in [-0.15, -0.1) is 0 Å². The molecule has 104 valence electrons. The fourth-order valence-corrected chi connectivity index (χ4v) is 4.81. The third kappa shape index (κ3) is 2.04. The van der Waals surface area contributed by atoms with Crippen LogP contribution in [0.4, 0.5) is 0 Å². The summed E-state index contributed by atoms with van der Waals surface area (Å²) < 4.78 is 0. The molecule has 0 heteroatoms. The molecule has 2 fully saturated rings. The van der Waals surface area contributed by atoms with Crippen molar-refractivity contribution in [2.45, 2.75) is 59.3 Å². The van der Waals surface area contributed by atoms with Crippen LogP contribution in [0.15, 0.2) is 24.3 Å². The van der Waals surface area contributed by atoms with E-state index in [9.17, 15) is 0 Å². The molecule has 1 aromatic rings. The van der Waals surface area contributed by atoms with E-state index in [0.717, 1.165) is 23.7 Å². The smallest absolute Gasteiger partial charge is 0.0128 e. The van der Waals surface area contributed by atoms with Crippen molar-refractivity contribution in [1.82, 2.24) is 0 Å². The highest BCUT2D eigenvalue weighted by Crippen LogP contribution is 2.63. The standard InChI is InChI=1S/C19H28/c1-5-7-14-8-6-9-15(10-14)18-12-16-11-17(18)13(2)19(16,3)4/h6,8-10,13,16-18H,5,7,11-12H2,1-4H3. The zero-order valence-electron chi connectivity index (χ0n) is 12.9. The van der Waals surface area contributed by atoms with Gasteiger partial charge in [-0.3, -0.25) is 0 Å². The van der Waals surface area contributed by atoms with Crippen molar-refractivity contribution in [3.05, 3.63) is 35.4 Å². The highest BCUT2D eigenvalue weighted by atomic mass is 14.6. The van der Waals surface area contributed by atoms with E-state index in [4.69, 9.17) is 0 Å². The number of rotatable bonds is 3. The number of hydrogen-bond acceptors (Lipinski definition) is 0. The highest BCUT2D eigenvalue weighted by Gasteiger charge is 2.54. The van der Waals surface area contributed by atoms with Crippen LogP contribution in [0, 0.1) is 23.2 Å². The third-order valence-corrected chi connectivity index (χ3v) is 6.40.